The Morgan fingerprint density at radius 1 is 0.882 bits per heavy atom. The molecule has 0 saturated carbocycles. The maximum atomic E-state index is 6.61. The molecule has 0 saturated heterocycles. The average molecular weight is 241 g/mol. The maximum Gasteiger partial charge on any atom is 0.0161 e. The maximum absolute atomic E-state index is 6.61. The topological polar surface area (TPSA) is 26.0 Å². The van der Waals surface area contributed by atoms with Crippen molar-refractivity contribution < 1.29 is 0 Å². The van der Waals surface area contributed by atoms with E-state index >= 15 is 0 Å². The molecule has 0 aliphatic rings. The lowest BCUT2D eigenvalue weighted by Crippen LogP contribution is -2.51. The van der Waals surface area contributed by atoms with Crippen molar-refractivity contribution in [2.45, 2.75) is 80.7 Å². The summed E-state index contributed by atoms with van der Waals surface area (Å²) in [5.41, 5.74) is 7.13. The number of nitrogens with two attached hydrogens (primary N) is 1. The summed E-state index contributed by atoms with van der Waals surface area (Å²) in [4.78, 5) is 0. The van der Waals surface area contributed by atoms with Crippen molar-refractivity contribution in [3.05, 3.63) is 0 Å². The van der Waals surface area contributed by atoms with Crippen LogP contribution in [0.2, 0.25) is 0 Å². The van der Waals surface area contributed by atoms with E-state index in [1.54, 1.807) is 0 Å². The van der Waals surface area contributed by atoms with Crippen LogP contribution in [0.4, 0.5) is 0 Å². The van der Waals surface area contributed by atoms with E-state index in [0.717, 1.165) is 12.3 Å². The van der Waals surface area contributed by atoms with E-state index in [0.29, 0.717) is 16.7 Å². The van der Waals surface area contributed by atoms with Gasteiger partial charge in [0.05, 0.1) is 0 Å². The van der Waals surface area contributed by atoms with Crippen molar-refractivity contribution in [1.82, 2.24) is 0 Å². The predicted molar refractivity (Wildman–Crippen MR) is 79.1 cm³/mol. The third kappa shape index (κ3) is 5.90. The summed E-state index contributed by atoms with van der Waals surface area (Å²) in [6.45, 7) is 20.7. The van der Waals surface area contributed by atoms with Crippen LogP contribution in [-0.2, 0) is 0 Å². The molecule has 1 heteroatoms. The third-order valence-corrected chi connectivity index (χ3v) is 4.01. The first-order valence-corrected chi connectivity index (χ1v) is 7.07. The van der Waals surface area contributed by atoms with Crippen molar-refractivity contribution in [2.24, 2.45) is 28.4 Å². The van der Waals surface area contributed by atoms with E-state index in [-0.39, 0.29) is 5.54 Å². The Kier molecular flexibility index (Phi) is 5.29. The zero-order chi connectivity index (χ0) is 14.1. The van der Waals surface area contributed by atoms with Crippen LogP contribution in [-0.4, -0.2) is 5.54 Å². The molecule has 0 rings (SSSR count). The molecule has 2 atom stereocenters. The van der Waals surface area contributed by atoms with Gasteiger partial charge in [0.1, 0.15) is 0 Å². The summed E-state index contributed by atoms with van der Waals surface area (Å²) < 4.78 is 0. The molecule has 17 heavy (non-hydrogen) atoms. The molecule has 0 spiro atoms. The van der Waals surface area contributed by atoms with Gasteiger partial charge < -0.3 is 5.73 Å². The normalized spacial score (nSPS) is 19.2. The second-order valence-corrected chi connectivity index (χ2v) is 8.55. The molecule has 0 amide bonds. The van der Waals surface area contributed by atoms with Crippen LogP contribution in [0.5, 0.6) is 0 Å². The van der Waals surface area contributed by atoms with Gasteiger partial charge in [0.25, 0.3) is 0 Å². The Bertz CT molecular complexity index is 230. The van der Waals surface area contributed by atoms with E-state index in [1.165, 1.54) is 6.42 Å². The minimum absolute atomic E-state index is 0.0867. The van der Waals surface area contributed by atoms with Gasteiger partial charge in [0, 0.05) is 5.54 Å². The molecule has 0 heterocycles. The van der Waals surface area contributed by atoms with Gasteiger partial charge in [-0.3, -0.25) is 0 Å². The summed E-state index contributed by atoms with van der Waals surface area (Å²) in [7, 11) is 0. The second-order valence-electron chi connectivity index (χ2n) is 8.55. The number of hydrogen-bond donors (Lipinski definition) is 1. The monoisotopic (exact) mass is 241 g/mol. The first-order valence-electron chi connectivity index (χ1n) is 7.07. The van der Waals surface area contributed by atoms with Crippen LogP contribution < -0.4 is 5.73 Å². The highest BCUT2D eigenvalue weighted by molar-refractivity contribution is 4.95. The third-order valence-electron chi connectivity index (χ3n) is 4.01. The van der Waals surface area contributed by atoms with Gasteiger partial charge in [0.2, 0.25) is 0 Å². The standard InChI is InChI=1S/C16H35N/c1-12(2)10-15(7,8)13(3)16(9,17)11-14(4,5)6/h12-13H,10-11,17H2,1-9H3. The highest BCUT2D eigenvalue weighted by Gasteiger charge is 2.40. The molecule has 0 aromatic rings. The SMILES string of the molecule is CC(C)CC(C)(C)C(C)C(C)(N)CC(C)(C)C. The fraction of sp³-hybridized carbons (Fsp3) is 1.00. The van der Waals surface area contributed by atoms with Crippen molar-refractivity contribution in [3.8, 4) is 0 Å². The Balaban J connectivity index is 4.82. The van der Waals surface area contributed by atoms with Gasteiger partial charge in [-0.15, -0.1) is 0 Å². The minimum Gasteiger partial charge on any atom is -0.325 e. The first-order chi connectivity index (χ1) is 7.28. The number of rotatable bonds is 5. The smallest absolute Gasteiger partial charge is 0.0161 e. The van der Waals surface area contributed by atoms with Crippen LogP contribution in [0.25, 0.3) is 0 Å². The number of hydrogen-bond acceptors (Lipinski definition) is 1. The highest BCUT2D eigenvalue weighted by atomic mass is 14.8. The molecule has 0 aromatic heterocycles. The fourth-order valence-electron chi connectivity index (χ4n) is 3.42. The van der Waals surface area contributed by atoms with E-state index in [1.807, 2.05) is 0 Å². The molecule has 0 aromatic carbocycles. The predicted octanol–water partition coefficient (Wildman–Crippen LogP) is 4.85. The van der Waals surface area contributed by atoms with Gasteiger partial charge >= 0.3 is 0 Å². The fourth-order valence-corrected chi connectivity index (χ4v) is 3.42. The van der Waals surface area contributed by atoms with Gasteiger partial charge in [-0.2, -0.15) is 0 Å². The van der Waals surface area contributed by atoms with Crippen molar-refractivity contribution in [2.75, 3.05) is 0 Å². The van der Waals surface area contributed by atoms with Crippen LogP contribution in [0.1, 0.15) is 75.2 Å². The van der Waals surface area contributed by atoms with Crippen molar-refractivity contribution in [3.63, 3.8) is 0 Å². The molecule has 2 N–H and O–H groups in total. The quantitative estimate of drug-likeness (QED) is 0.731. The molecule has 104 valence electrons. The lowest BCUT2D eigenvalue weighted by molar-refractivity contribution is 0.0842. The lowest BCUT2D eigenvalue weighted by Gasteiger charge is -2.46. The second kappa shape index (κ2) is 5.30. The summed E-state index contributed by atoms with van der Waals surface area (Å²) in [6, 6.07) is 0. The minimum atomic E-state index is -0.0867. The van der Waals surface area contributed by atoms with E-state index < -0.39 is 0 Å². The molecule has 0 aliphatic carbocycles. The Hall–Kier alpha value is -0.0400. The first kappa shape index (κ1) is 17.0. The molecular formula is C16H35N. The van der Waals surface area contributed by atoms with Crippen LogP contribution in [0, 0.1) is 22.7 Å². The van der Waals surface area contributed by atoms with Crippen molar-refractivity contribution in [1.29, 1.82) is 0 Å². The van der Waals surface area contributed by atoms with Gasteiger partial charge in [0.15, 0.2) is 0 Å². The van der Waals surface area contributed by atoms with E-state index in [9.17, 15) is 0 Å². The van der Waals surface area contributed by atoms with E-state index in [2.05, 4.69) is 62.3 Å². The molecule has 1 nitrogen and oxygen atoms in total. The molecule has 0 aliphatic heterocycles. The van der Waals surface area contributed by atoms with Crippen molar-refractivity contribution >= 4 is 0 Å². The zero-order valence-corrected chi connectivity index (χ0v) is 13.6. The molecule has 0 fully saturated rings. The van der Waals surface area contributed by atoms with E-state index in [4.69, 9.17) is 5.73 Å². The summed E-state index contributed by atoms with van der Waals surface area (Å²) in [5.74, 6) is 1.26. The van der Waals surface area contributed by atoms with Gasteiger partial charge in [-0.05, 0) is 42.4 Å². The van der Waals surface area contributed by atoms with Crippen LogP contribution >= 0.6 is 0 Å². The zero-order valence-electron chi connectivity index (χ0n) is 13.6. The molecule has 0 bridgehead atoms. The Morgan fingerprint density at radius 2 is 1.29 bits per heavy atom. The average Bonchev–Trinajstić information content (AvgIpc) is 1.95. The van der Waals surface area contributed by atoms with Gasteiger partial charge in [-0.25, -0.2) is 0 Å². The largest absolute Gasteiger partial charge is 0.325 e. The van der Waals surface area contributed by atoms with Crippen LogP contribution in [0.15, 0.2) is 0 Å². The Morgan fingerprint density at radius 3 is 1.59 bits per heavy atom. The summed E-state index contributed by atoms with van der Waals surface area (Å²) >= 11 is 0. The molecular weight excluding hydrogens is 206 g/mol. The molecule has 0 radical (unpaired) electrons. The van der Waals surface area contributed by atoms with Gasteiger partial charge in [-0.1, -0.05) is 55.4 Å². The van der Waals surface area contributed by atoms with Crippen LogP contribution in [0.3, 0.4) is 0 Å². The summed E-state index contributed by atoms with van der Waals surface area (Å²) in [6.07, 6.45) is 2.31. The highest BCUT2D eigenvalue weighted by Crippen LogP contribution is 2.42. The summed E-state index contributed by atoms with van der Waals surface area (Å²) in [5, 5.41) is 0. The lowest BCUT2D eigenvalue weighted by atomic mass is 9.63. The molecule has 2 unspecified atom stereocenters. The Labute approximate surface area is 110 Å².